The number of nitrogens with one attached hydrogen (secondary N) is 2. The van der Waals surface area contributed by atoms with Gasteiger partial charge in [0.2, 0.25) is 0 Å². The fourth-order valence-corrected chi connectivity index (χ4v) is 2.00. The zero-order valence-corrected chi connectivity index (χ0v) is 15.0. The Bertz CT molecular complexity index is 847. The molecule has 0 radical (unpaired) electrons. The number of carboxylic acid groups (broad SMARTS) is 1. The van der Waals surface area contributed by atoms with Gasteiger partial charge < -0.3 is 19.9 Å². The molecule has 0 aliphatic rings. The monoisotopic (exact) mass is 385 g/mol. The van der Waals surface area contributed by atoms with E-state index in [0.717, 1.165) is 0 Å². The molecule has 0 saturated heterocycles. The number of amides is 2. The Balaban J connectivity index is 1.81. The van der Waals surface area contributed by atoms with Crippen molar-refractivity contribution in [2.75, 3.05) is 18.5 Å². The normalized spacial score (nSPS) is 10.3. The van der Waals surface area contributed by atoms with Gasteiger partial charge in [-0.15, -0.1) is 0 Å². The smallest absolute Gasteiger partial charge is 0.341 e. The molecule has 2 amide bonds. The molecule has 9 heteroatoms. The second-order valence-corrected chi connectivity index (χ2v) is 5.36. The molecule has 0 fully saturated rings. The second-order valence-electron chi connectivity index (χ2n) is 5.36. The van der Waals surface area contributed by atoms with E-state index in [1.54, 1.807) is 48.5 Å². The SMILES string of the molecule is CCOc1ccc(NC(=O)C(=O)NN=Cc2ccc(OCC(=O)O)cc2)cc1. The van der Waals surface area contributed by atoms with Gasteiger partial charge in [-0.3, -0.25) is 9.59 Å². The molecule has 2 aromatic carbocycles. The number of hydrazone groups is 1. The Morgan fingerprint density at radius 1 is 0.964 bits per heavy atom. The average Bonchev–Trinajstić information content (AvgIpc) is 2.69. The van der Waals surface area contributed by atoms with E-state index in [4.69, 9.17) is 14.6 Å². The molecule has 0 unspecified atom stereocenters. The number of anilines is 1. The first kappa shape index (κ1) is 20.4. The van der Waals surface area contributed by atoms with Crippen molar-refractivity contribution in [3.63, 3.8) is 0 Å². The standard InChI is InChI=1S/C19H19N3O6/c1-2-27-15-9-5-14(6-10-15)21-18(25)19(26)22-20-11-13-3-7-16(8-4-13)28-12-17(23)24/h3-11H,2,12H2,1H3,(H,21,25)(H,22,26)(H,23,24). The molecule has 146 valence electrons. The quantitative estimate of drug-likeness (QED) is 0.360. The predicted molar refractivity (Wildman–Crippen MR) is 102 cm³/mol. The van der Waals surface area contributed by atoms with Crippen LogP contribution in [-0.4, -0.2) is 42.3 Å². The molecule has 9 nitrogen and oxygen atoms in total. The maximum absolute atomic E-state index is 11.8. The molecular weight excluding hydrogens is 366 g/mol. The van der Waals surface area contributed by atoms with Crippen molar-refractivity contribution in [3.05, 3.63) is 54.1 Å². The zero-order chi connectivity index (χ0) is 20.4. The molecule has 2 rings (SSSR count). The summed E-state index contributed by atoms with van der Waals surface area (Å²) in [6.07, 6.45) is 1.34. The number of benzene rings is 2. The average molecular weight is 385 g/mol. The minimum atomic E-state index is -1.07. The number of ether oxygens (including phenoxy) is 2. The summed E-state index contributed by atoms with van der Waals surface area (Å²) in [6.45, 7) is 1.96. The van der Waals surface area contributed by atoms with E-state index in [9.17, 15) is 14.4 Å². The van der Waals surface area contributed by atoms with E-state index in [2.05, 4.69) is 15.8 Å². The fourth-order valence-electron chi connectivity index (χ4n) is 2.00. The lowest BCUT2D eigenvalue weighted by Crippen LogP contribution is -2.32. The predicted octanol–water partition coefficient (Wildman–Crippen LogP) is 1.64. The lowest BCUT2D eigenvalue weighted by atomic mass is 10.2. The third kappa shape index (κ3) is 6.79. The molecule has 0 aliphatic heterocycles. The maximum Gasteiger partial charge on any atom is 0.341 e. The largest absolute Gasteiger partial charge is 0.494 e. The van der Waals surface area contributed by atoms with Crippen LogP contribution in [0, 0.1) is 0 Å². The van der Waals surface area contributed by atoms with Gasteiger partial charge in [-0.05, 0) is 61.0 Å². The summed E-state index contributed by atoms with van der Waals surface area (Å²) >= 11 is 0. The Morgan fingerprint density at radius 2 is 1.57 bits per heavy atom. The zero-order valence-electron chi connectivity index (χ0n) is 15.0. The van der Waals surface area contributed by atoms with Crippen molar-refractivity contribution >= 4 is 29.7 Å². The number of carboxylic acids is 1. The molecular formula is C19H19N3O6. The van der Waals surface area contributed by atoms with Gasteiger partial charge in [0.05, 0.1) is 12.8 Å². The molecule has 3 N–H and O–H groups in total. The first-order valence-electron chi connectivity index (χ1n) is 8.30. The van der Waals surface area contributed by atoms with Crippen LogP contribution >= 0.6 is 0 Å². The second kappa shape index (κ2) is 10.3. The highest BCUT2D eigenvalue weighted by atomic mass is 16.5. The molecule has 0 atom stereocenters. The van der Waals surface area contributed by atoms with Crippen LogP contribution in [0.4, 0.5) is 5.69 Å². The highest BCUT2D eigenvalue weighted by molar-refractivity contribution is 6.39. The van der Waals surface area contributed by atoms with Crippen molar-refractivity contribution in [3.8, 4) is 11.5 Å². The number of carbonyl (C=O) groups is 3. The van der Waals surface area contributed by atoms with Crippen LogP contribution in [0.5, 0.6) is 11.5 Å². The minimum Gasteiger partial charge on any atom is -0.494 e. The van der Waals surface area contributed by atoms with Gasteiger partial charge in [-0.2, -0.15) is 5.10 Å². The van der Waals surface area contributed by atoms with Crippen LogP contribution in [0.15, 0.2) is 53.6 Å². The highest BCUT2D eigenvalue weighted by Crippen LogP contribution is 2.15. The van der Waals surface area contributed by atoms with Crippen LogP contribution in [0.3, 0.4) is 0 Å². The van der Waals surface area contributed by atoms with E-state index in [-0.39, 0.29) is 0 Å². The van der Waals surface area contributed by atoms with Crippen molar-refractivity contribution in [1.82, 2.24) is 5.43 Å². The minimum absolute atomic E-state index is 0.387. The molecule has 0 aromatic heterocycles. The van der Waals surface area contributed by atoms with E-state index in [1.165, 1.54) is 6.21 Å². The van der Waals surface area contributed by atoms with Crippen molar-refractivity contribution < 1.29 is 29.0 Å². The molecule has 0 saturated carbocycles. The molecule has 2 aromatic rings. The number of carbonyl (C=O) groups excluding carboxylic acids is 2. The number of rotatable bonds is 8. The van der Waals surface area contributed by atoms with Crippen molar-refractivity contribution in [2.45, 2.75) is 6.92 Å². The maximum atomic E-state index is 11.8. The van der Waals surface area contributed by atoms with Crippen molar-refractivity contribution in [2.24, 2.45) is 5.10 Å². The summed E-state index contributed by atoms with van der Waals surface area (Å²) in [4.78, 5) is 34.0. The van der Waals surface area contributed by atoms with E-state index < -0.39 is 24.4 Å². The Hall–Kier alpha value is -3.88. The summed E-state index contributed by atoms with van der Waals surface area (Å²) in [6, 6.07) is 13.0. The third-order valence-electron chi connectivity index (χ3n) is 3.25. The summed E-state index contributed by atoms with van der Waals surface area (Å²) < 4.78 is 10.3. The van der Waals surface area contributed by atoms with Crippen LogP contribution < -0.4 is 20.2 Å². The van der Waals surface area contributed by atoms with E-state index >= 15 is 0 Å². The summed E-state index contributed by atoms with van der Waals surface area (Å²) in [5, 5.41) is 14.7. The van der Waals surface area contributed by atoms with Crippen LogP contribution in [-0.2, 0) is 14.4 Å². The Labute approximate surface area is 161 Å². The van der Waals surface area contributed by atoms with Gasteiger partial charge >= 0.3 is 17.8 Å². The van der Waals surface area contributed by atoms with Gasteiger partial charge in [0.25, 0.3) is 0 Å². The molecule has 28 heavy (non-hydrogen) atoms. The molecule has 0 spiro atoms. The summed E-state index contributed by atoms with van der Waals surface area (Å²) in [7, 11) is 0. The molecule has 0 bridgehead atoms. The number of hydrogen-bond acceptors (Lipinski definition) is 6. The first-order chi connectivity index (χ1) is 13.5. The number of hydrogen-bond donors (Lipinski definition) is 3. The van der Waals surface area contributed by atoms with E-state index in [1.807, 2.05) is 6.92 Å². The van der Waals surface area contributed by atoms with Crippen LogP contribution in [0.25, 0.3) is 0 Å². The van der Waals surface area contributed by atoms with Crippen molar-refractivity contribution in [1.29, 1.82) is 0 Å². The summed E-state index contributed by atoms with van der Waals surface area (Å²) in [5.41, 5.74) is 3.19. The van der Waals surface area contributed by atoms with Gasteiger partial charge in [0, 0.05) is 5.69 Å². The highest BCUT2D eigenvalue weighted by Gasteiger charge is 2.12. The Morgan fingerprint density at radius 3 is 2.18 bits per heavy atom. The van der Waals surface area contributed by atoms with Gasteiger partial charge in [0.1, 0.15) is 11.5 Å². The molecule has 0 aliphatic carbocycles. The number of aliphatic carboxylic acids is 1. The fraction of sp³-hybridized carbons (Fsp3) is 0.158. The van der Waals surface area contributed by atoms with Gasteiger partial charge in [-0.1, -0.05) is 0 Å². The van der Waals surface area contributed by atoms with Gasteiger partial charge in [0.15, 0.2) is 6.61 Å². The lowest BCUT2D eigenvalue weighted by molar-refractivity contribution is -0.139. The molecule has 0 heterocycles. The van der Waals surface area contributed by atoms with Crippen LogP contribution in [0.2, 0.25) is 0 Å². The Kier molecular flexibility index (Phi) is 7.53. The van der Waals surface area contributed by atoms with Crippen LogP contribution in [0.1, 0.15) is 12.5 Å². The first-order valence-corrected chi connectivity index (χ1v) is 8.30. The topological polar surface area (TPSA) is 126 Å². The summed E-state index contributed by atoms with van der Waals surface area (Å²) in [5.74, 6) is -1.81. The third-order valence-corrected chi connectivity index (χ3v) is 3.25. The van der Waals surface area contributed by atoms with E-state index in [0.29, 0.717) is 29.4 Å². The lowest BCUT2D eigenvalue weighted by Gasteiger charge is -2.06. The van der Waals surface area contributed by atoms with Gasteiger partial charge in [-0.25, -0.2) is 10.2 Å². The number of nitrogens with zero attached hydrogens (tertiary/aromatic N) is 1.